The van der Waals surface area contributed by atoms with Gasteiger partial charge in [0, 0.05) is 10.0 Å². The average molecular weight is 311 g/mol. The highest BCUT2D eigenvalue weighted by molar-refractivity contribution is 9.10. The van der Waals surface area contributed by atoms with Gasteiger partial charge in [0.15, 0.2) is 5.82 Å². The van der Waals surface area contributed by atoms with E-state index in [2.05, 4.69) is 31.5 Å². The molecule has 94 valence electrons. The first-order valence-corrected chi connectivity index (χ1v) is 6.13. The van der Waals surface area contributed by atoms with Crippen molar-refractivity contribution in [3.63, 3.8) is 0 Å². The Labute approximate surface area is 112 Å². The monoisotopic (exact) mass is 310 g/mol. The Morgan fingerprint density at radius 2 is 2.22 bits per heavy atom. The third-order valence-corrected chi connectivity index (χ3v) is 3.19. The van der Waals surface area contributed by atoms with E-state index in [1.807, 2.05) is 24.3 Å². The van der Waals surface area contributed by atoms with Gasteiger partial charge in [-0.3, -0.25) is 4.79 Å². The summed E-state index contributed by atoms with van der Waals surface area (Å²) in [6, 6.07) is 7.22. The van der Waals surface area contributed by atoms with Crippen LogP contribution in [0.5, 0.6) is 0 Å². The highest BCUT2D eigenvalue weighted by Crippen LogP contribution is 2.27. The number of hydrogen-bond donors (Lipinski definition) is 1. The van der Waals surface area contributed by atoms with Crippen LogP contribution < -0.4 is 0 Å². The zero-order valence-corrected chi connectivity index (χ0v) is 11.2. The minimum absolute atomic E-state index is 0.0253. The number of nitrogens with zero attached hydrogens (tertiary/aromatic N) is 4. The molecule has 1 atom stereocenters. The van der Waals surface area contributed by atoms with Crippen molar-refractivity contribution in [2.24, 2.45) is 0 Å². The third-order valence-electron chi connectivity index (χ3n) is 2.50. The van der Waals surface area contributed by atoms with Crippen LogP contribution in [0.25, 0.3) is 11.4 Å². The quantitative estimate of drug-likeness (QED) is 0.935. The number of benzene rings is 1. The molecule has 1 unspecified atom stereocenters. The van der Waals surface area contributed by atoms with Crippen LogP contribution in [0.4, 0.5) is 0 Å². The number of carboxylic acid groups (broad SMARTS) is 1. The van der Waals surface area contributed by atoms with E-state index in [0.29, 0.717) is 5.82 Å². The number of carbonyl (C=O) groups is 1. The second-order valence-corrected chi connectivity index (χ2v) is 4.73. The van der Waals surface area contributed by atoms with Gasteiger partial charge in [0.2, 0.25) is 0 Å². The van der Waals surface area contributed by atoms with Crippen LogP contribution in [0.15, 0.2) is 28.7 Å². The molecule has 0 saturated carbocycles. The lowest BCUT2D eigenvalue weighted by molar-refractivity contribution is -0.137. The van der Waals surface area contributed by atoms with E-state index in [0.717, 1.165) is 10.0 Å². The van der Waals surface area contributed by atoms with E-state index in [4.69, 9.17) is 5.11 Å². The summed E-state index contributed by atoms with van der Waals surface area (Å²) in [5.41, 5.74) is 0.833. The maximum absolute atomic E-state index is 10.7. The van der Waals surface area contributed by atoms with E-state index >= 15 is 0 Å². The number of hydrogen-bond acceptors (Lipinski definition) is 4. The van der Waals surface area contributed by atoms with Gasteiger partial charge in [-0.1, -0.05) is 28.1 Å². The fourth-order valence-corrected chi connectivity index (χ4v) is 2.11. The van der Waals surface area contributed by atoms with Crippen molar-refractivity contribution in [3.8, 4) is 11.4 Å². The van der Waals surface area contributed by atoms with Gasteiger partial charge < -0.3 is 5.11 Å². The number of halogens is 1. The van der Waals surface area contributed by atoms with Crippen LogP contribution in [0.1, 0.15) is 19.4 Å². The molecular weight excluding hydrogens is 300 g/mol. The van der Waals surface area contributed by atoms with Gasteiger partial charge in [-0.15, -0.1) is 5.10 Å². The SMILES string of the molecule is CC(CC(=O)O)n1nnnc1-c1ccccc1Br. The molecular formula is C11H11BrN4O2. The van der Waals surface area contributed by atoms with Gasteiger partial charge in [0.05, 0.1) is 12.5 Å². The van der Waals surface area contributed by atoms with Crippen LogP contribution in [0, 0.1) is 0 Å². The van der Waals surface area contributed by atoms with Crippen molar-refractivity contribution in [3.05, 3.63) is 28.7 Å². The number of rotatable bonds is 4. The van der Waals surface area contributed by atoms with Gasteiger partial charge >= 0.3 is 5.97 Å². The Hall–Kier alpha value is -1.76. The third kappa shape index (κ3) is 2.56. The molecule has 0 aliphatic rings. The number of aliphatic carboxylic acids is 1. The van der Waals surface area contributed by atoms with Crippen LogP contribution in [0.2, 0.25) is 0 Å². The molecule has 7 heteroatoms. The lowest BCUT2D eigenvalue weighted by Gasteiger charge is -2.11. The summed E-state index contributed by atoms with van der Waals surface area (Å²) < 4.78 is 2.39. The van der Waals surface area contributed by atoms with E-state index < -0.39 is 5.97 Å². The lowest BCUT2D eigenvalue weighted by Crippen LogP contribution is -2.13. The molecule has 0 spiro atoms. The standard InChI is InChI=1S/C11H11BrN4O2/c1-7(6-10(17)18)16-11(13-14-15-16)8-4-2-3-5-9(8)12/h2-5,7H,6H2,1H3,(H,17,18). The maximum Gasteiger partial charge on any atom is 0.305 e. The number of carboxylic acids is 1. The fraction of sp³-hybridized carbons (Fsp3) is 0.273. The molecule has 0 fully saturated rings. The van der Waals surface area contributed by atoms with Gasteiger partial charge in [-0.2, -0.15) is 0 Å². The summed E-state index contributed by atoms with van der Waals surface area (Å²) in [6.07, 6.45) is -0.0253. The first-order chi connectivity index (χ1) is 8.59. The molecule has 1 aromatic heterocycles. The summed E-state index contributed by atoms with van der Waals surface area (Å²) in [6.45, 7) is 1.77. The molecule has 0 amide bonds. The molecule has 0 aliphatic carbocycles. The van der Waals surface area contributed by atoms with Gasteiger partial charge in [0.1, 0.15) is 0 Å². The fourth-order valence-electron chi connectivity index (χ4n) is 1.65. The Morgan fingerprint density at radius 3 is 2.89 bits per heavy atom. The van der Waals surface area contributed by atoms with Gasteiger partial charge in [-0.05, 0) is 29.5 Å². The molecule has 2 aromatic rings. The maximum atomic E-state index is 10.7. The van der Waals surface area contributed by atoms with Crippen LogP contribution in [0.3, 0.4) is 0 Å². The second-order valence-electron chi connectivity index (χ2n) is 3.87. The highest BCUT2D eigenvalue weighted by Gasteiger charge is 2.18. The molecule has 18 heavy (non-hydrogen) atoms. The summed E-state index contributed by atoms with van der Waals surface area (Å²) in [5, 5.41) is 20.2. The summed E-state index contributed by atoms with van der Waals surface area (Å²) in [5.74, 6) is -0.327. The Morgan fingerprint density at radius 1 is 1.50 bits per heavy atom. The van der Waals surface area contributed by atoms with E-state index in [9.17, 15) is 4.79 Å². The summed E-state index contributed by atoms with van der Waals surface area (Å²) >= 11 is 3.43. The summed E-state index contributed by atoms with van der Waals surface area (Å²) in [4.78, 5) is 10.7. The molecule has 0 aliphatic heterocycles. The van der Waals surface area contributed by atoms with Crippen molar-refractivity contribution < 1.29 is 9.90 Å². The first kappa shape index (κ1) is 12.7. The number of aromatic nitrogens is 4. The van der Waals surface area contributed by atoms with Crippen molar-refractivity contribution in [2.45, 2.75) is 19.4 Å². The molecule has 1 heterocycles. The second kappa shape index (κ2) is 5.26. The Kier molecular flexibility index (Phi) is 3.71. The smallest absolute Gasteiger partial charge is 0.305 e. The van der Waals surface area contributed by atoms with Crippen LogP contribution in [-0.4, -0.2) is 31.3 Å². The zero-order chi connectivity index (χ0) is 13.1. The summed E-state index contributed by atoms with van der Waals surface area (Å²) in [7, 11) is 0. The van der Waals surface area contributed by atoms with Crippen LogP contribution >= 0.6 is 15.9 Å². The highest BCUT2D eigenvalue weighted by atomic mass is 79.9. The first-order valence-electron chi connectivity index (χ1n) is 5.34. The molecule has 0 saturated heterocycles. The van der Waals surface area contributed by atoms with Crippen molar-refractivity contribution in [1.29, 1.82) is 0 Å². The molecule has 0 bridgehead atoms. The Bertz CT molecular complexity index is 570. The van der Waals surface area contributed by atoms with Crippen LogP contribution in [-0.2, 0) is 4.79 Å². The molecule has 0 radical (unpaired) electrons. The van der Waals surface area contributed by atoms with E-state index in [-0.39, 0.29) is 12.5 Å². The lowest BCUT2D eigenvalue weighted by atomic mass is 10.2. The van der Waals surface area contributed by atoms with E-state index in [1.165, 1.54) is 4.68 Å². The normalized spacial score (nSPS) is 12.3. The molecule has 2 rings (SSSR count). The zero-order valence-electron chi connectivity index (χ0n) is 9.62. The minimum Gasteiger partial charge on any atom is -0.481 e. The van der Waals surface area contributed by atoms with E-state index in [1.54, 1.807) is 6.92 Å². The topological polar surface area (TPSA) is 80.9 Å². The minimum atomic E-state index is -0.879. The molecule has 1 aromatic carbocycles. The number of tetrazole rings is 1. The largest absolute Gasteiger partial charge is 0.481 e. The van der Waals surface area contributed by atoms with Crippen molar-refractivity contribution >= 4 is 21.9 Å². The Balaban J connectivity index is 2.39. The average Bonchev–Trinajstić information content (AvgIpc) is 2.77. The molecule has 1 N–H and O–H groups in total. The van der Waals surface area contributed by atoms with Gasteiger partial charge in [-0.25, -0.2) is 4.68 Å². The van der Waals surface area contributed by atoms with Gasteiger partial charge in [0.25, 0.3) is 0 Å². The molecule has 6 nitrogen and oxygen atoms in total. The van der Waals surface area contributed by atoms with Crippen molar-refractivity contribution in [2.75, 3.05) is 0 Å². The predicted molar refractivity (Wildman–Crippen MR) is 67.9 cm³/mol. The van der Waals surface area contributed by atoms with Crippen molar-refractivity contribution in [1.82, 2.24) is 20.2 Å². The predicted octanol–water partition coefficient (Wildman–Crippen LogP) is 2.14.